The van der Waals surface area contributed by atoms with E-state index in [0.29, 0.717) is 6.42 Å². The number of thiophene rings is 1. The van der Waals surface area contributed by atoms with E-state index in [1.54, 1.807) is 23.1 Å². The zero-order valence-electron chi connectivity index (χ0n) is 11.5. The first kappa shape index (κ1) is 15.4. The van der Waals surface area contributed by atoms with Crippen molar-refractivity contribution in [3.05, 3.63) is 35.2 Å². The summed E-state index contributed by atoms with van der Waals surface area (Å²) in [4.78, 5) is 12.5. The second kappa shape index (κ2) is 7.67. The van der Waals surface area contributed by atoms with E-state index in [1.165, 1.54) is 0 Å². The van der Waals surface area contributed by atoms with Crippen LogP contribution in [-0.2, 0) is 4.79 Å². The fourth-order valence-corrected chi connectivity index (χ4v) is 3.54. The maximum absolute atomic E-state index is 11.6. The van der Waals surface area contributed by atoms with E-state index in [4.69, 9.17) is 0 Å². The molecule has 3 nitrogen and oxygen atoms in total. The largest absolute Gasteiger partial charge is 0.386 e. The van der Waals surface area contributed by atoms with Gasteiger partial charge >= 0.3 is 0 Å². The van der Waals surface area contributed by atoms with Crippen LogP contribution in [0.4, 0.5) is 0 Å². The van der Waals surface area contributed by atoms with Crippen LogP contribution in [0.15, 0.2) is 30.3 Å². The van der Waals surface area contributed by atoms with Crippen molar-refractivity contribution in [2.24, 2.45) is 0 Å². The summed E-state index contributed by atoms with van der Waals surface area (Å²) in [5, 5.41) is 14.1. The molecule has 0 fully saturated rings. The number of hydrogen-bond donors (Lipinski definition) is 2. The zero-order chi connectivity index (χ0) is 14.4. The van der Waals surface area contributed by atoms with Gasteiger partial charge in [0.1, 0.15) is 6.10 Å². The van der Waals surface area contributed by atoms with Crippen LogP contribution in [0.3, 0.4) is 0 Å². The summed E-state index contributed by atoms with van der Waals surface area (Å²) in [6.45, 7) is 2.36. The van der Waals surface area contributed by atoms with Crippen molar-refractivity contribution in [2.45, 2.75) is 19.4 Å². The normalized spacial score (nSPS) is 12.5. The maximum atomic E-state index is 11.6. The molecule has 0 aliphatic heterocycles. The zero-order valence-corrected chi connectivity index (χ0v) is 13.1. The number of rotatable bonds is 7. The minimum Gasteiger partial charge on any atom is -0.386 e. The summed E-state index contributed by atoms with van der Waals surface area (Å²) >= 11 is 3.32. The Bertz CT molecular complexity index is 535. The van der Waals surface area contributed by atoms with Crippen LogP contribution in [0.25, 0.3) is 10.1 Å². The molecule has 1 amide bonds. The second-order valence-electron chi connectivity index (χ2n) is 4.45. The van der Waals surface area contributed by atoms with Crippen molar-refractivity contribution >= 4 is 39.1 Å². The van der Waals surface area contributed by atoms with E-state index >= 15 is 0 Å². The molecule has 1 heterocycles. The molecule has 2 N–H and O–H groups in total. The molecule has 5 heteroatoms. The van der Waals surface area contributed by atoms with Crippen molar-refractivity contribution in [3.8, 4) is 0 Å². The topological polar surface area (TPSA) is 49.3 Å². The lowest BCUT2D eigenvalue weighted by Crippen LogP contribution is -2.28. The highest BCUT2D eigenvalue weighted by Gasteiger charge is 2.12. The highest BCUT2D eigenvalue weighted by molar-refractivity contribution is 7.99. The van der Waals surface area contributed by atoms with E-state index in [-0.39, 0.29) is 12.5 Å². The van der Waals surface area contributed by atoms with Gasteiger partial charge in [0.2, 0.25) is 5.91 Å². The average molecular weight is 309 g/mol. The van der Waals surface area contributed by atoms with Crippen molar-refractivity contribution in [1.29, 1.82) is 0 Å². The average Bonchev–Trinajstić information content (AvgIpc) is 2.89. The molecule has 0 aliphatic rings. The van der Waals surface area contributed by atoms with Crippen molar-refractivity contribution in [2.75, 3.05) is 18.1 Å². The summed E-state index contributed by atoms with van der Waals surface area (Å²) < 4.78 is 1.16. The van der Waals surface area contributed by atoms with Crippen LogP contribution >= 0.6 is 23.1 Å². The Morgan fingerprint density at radius 2 is 2.25 bits per heavy atom. The van der Waals surface area contributed by atoms with Crippen LogP contribution in [0.2, 0.25) is 0 Å². The number of carbonyl (C=O) groups excluding carboxylic acids is 1. The fourth-order valence-electron chi connectivity index (χ4n) is 1.88. The number of nitrogens with one attached hydrogen (secondary N) is 1. The summed E-state index contributed by atoms with van der Waals surface area (Å²) in [5.41, 5.74) is 0. The smallest absolute Gasteiger partial charge is 0.220 e. The summed E-state index contributed by atoms with van der Waals surface area (Å²) in [6, 6.07) is 10.0. The molecule has 1 aromatic heterocycles. The molecule has 0 radical (unpaired) electrons. The summed E-state index contributed by atoms with van der Waals surface area (Å²) in [7, 11) is 0. The SMILES string of the molecule is CCSCCC(=O)NCC(O)c1cc2ccccc2s1. The molecule has 108 valence electrons. The molecular weight excluding hydrogens is 290 g/mol. The predicted molar refractivity (Wildman–Crippen MR) is 87.4 cm³/mol. The number of aliphatic hydroxyl groups excluding tert-OH is 1. The number of fused-ring (bicyclic) bond motifs is 1. The van der Waals surface area contributed by atoms with E-state index in [0.717, 1.165) is 26.5 Å². The minimum atomic E-state index is -0.629. The van der Waals surface area contributed by atoms with Gasteiger partial charge in [0, 0.05) is 28.3 Å². The van der Waals surface area contributed by atoms with Crippen molar-refractivity contribution in [3.63, 3.8) is 0 Å². The molecule has 1 aromatic carbocycles. The number of amides is 1. The molecule has 2 rings (SSSR count). The third-order valence-corrected chi connectivity index (χ3v) is 5.06. The quantitative estimate of drug-likeness (QED) is 0.772. The number of thioether (sulfide) groups is 1. The van der Waals surface area contributed by atoms with Gasteiger partial charge in [0.15, 0.2) is 0 Å². The Morgan fingerprint density at radius 3 is 3.00 bits per heavy atom. The number of hydrogen-bond acceptors (Lipinski definition) is 4. The summed E-state index contributed by atoms with van der Waals surface area (Å²) in [6.07, 6.45) is -0.118. The Morgan fingerprint density at radius 1 is 1.45 bits per heavy atom. The van der Waals surface area contributed by atoms with Gasteiger partial charge in [-0.05, 0) is 23.3 Å². The van der Waals surface area contributed by atoms with Crippen LogP contribution in [-0.4, -0.2) is 29.1 Å². The highest BCUT2D eigenvalue weighted by Crippen LogP contribution is 2.29. The third kappa shape index (κ3) is 4.23. The van der Waals surface area contributed by atoms with Gasteiger partial charge in [-0.1, -0.05) is 25.1 Å². The Labute approximate surface area is 127 Å². The van der Waals surface area contributed by atoms with Gasteiger partial charge < -0.3 is 10.4 Å². The maximum Gasteiger partial charge on any atom is 0.220 e. The van der Waals surface area contributed by atoms with Gasteiger partial charge in [-0.15, -0.1) is 11.3 Å². The second-order valence-corrected chi connectivity index (χ2v) is 6.96. The van der Waals surface area contributed by atoms with Crippen LogP contribution in [0.5, 0.6) is 0 Å². The van der Waals surface area contributed by atoms with Gasteiger partial charge in [0.25, 0.3) is 0 Å². The van der Waals surface area contributed by atoms with Crippen molar-refractivity contribution in [1.82, 2.24) is 5.32 Å². The molecule has 0 saturated heterocycles. The van der Waals surface area contributed by atoms with E-state index in [1.807, 2.05) is 30.3 Å². The molecule has 1 unspecified atom stereocenters. The lowest BCUT2D eigenvalue weighted by molar-refractivity contribution is -0.121. The number of aliphatic hydroxyl groups is 1. The lowest BCUT2D eigenvalue weighted by atomic mass is 10.2. The van der Waals surface area contributed by atoms with Gasteiger partial charge in [-0.25, -0.2) is 0 Å². The monoisotopic (exact) mass is 309 g/mol. The molecule has 1 atom stereocenters. The Balaban J connectivity index is 1.85. The number of carbonyl (C=O) groups is 1. The standard InChI is InChI=1S/C15H19NO2S2/c1-2-19-8-7-15(18)16-10-12(17)14-9-11-5-3-4-6-13(11)20-14/h3-6,9,12,17H,2,7-8,10H2,1H3,(H,16,18). The van der Waals surface area contributed by atoms with E-state index in [9.17, 15) is 9.90 Å². The minimum absolute atomic E-state index is 0.00566. The van der Waals surface area contributed by atoms with Gasteiger partial charge in [0.05, 0.1) is 0 Å². The number of benzene rings is 1. The Hall–Kier alpha value is -1.04. The molecule has 2 aromatic rings. The lowest BCUT2D eigenvalue weighted by Gasteiger charge is -2.09. The Kier molecular flexibility index (Phi) is 5.88. The van der Waals surface area contributed by atoms with Crippen LogP contribution < -0.4 is 5.32 Å². The first-order valence-corrected chi connectivity index (χ1v) is 8.68. The highest BCUT2D eigenvalue weighted by atomic mass is 32.2. The van der Waals surface area contributed by atoms with Gasteiger partial charge in [-0.3, -0.25) is 4.79 Å². The molecule has 0 aliphatic carbocycles. The van der Waals surface area contributed by atoms with Crippen LogP contribution in [0, 0.1) is 0 Å². The first-order valence-electron chi connectivity index (χ1n) is 6.71. The van der Waals surface area contributed by atoms with Crippen molar-refractivity contribution < 1.29 is 9.90 Å². The fraction of sp³-hybridized carbons (Fsp3) is 0.400. The van der Waals surface area contributed by atoms with E-state index in [2.05, 4.69) is 12.2 Å². The van der Waals surface area contributed by atoms with Crippen LogP contribution in [0.1, 0.15) is 24.3 Å². The molecule has 20 heavy (non-hydrogen) atoms. The van der Waals surface area contributed by atoms with Gasteiger partial charge in [-0.2, -0.15) is 11.8 Å². The summed E-state index contributed by atoms with van der Waals surface area (Å²) in [5.74, 6) is 1.87. The molecule has 0 bridgehead atoms. The third-order valence-electron chi connectivity index (χ3n) is 2.94. The van der Waals surface area contributed by atoms with E-state index < -0.39 is 6.10 Å². The molecular formula is C15H19NO2S2. The molecule has 0 spiro atoms. The predicted octanol–water partition coefficient (Wildman–Crippen LogP) is 3.19. The molecule has 0 saturated carbocycles. The first-order chi connectivity index (χ1) is 9.70.